The highest BCUT2D eigenvalue weighted by atomic mass is 16.5. The van der Waals surface area contributed by atoms with E-state index in [1.807, 2.05) is 48.5 Å². The highest BCUT2D eigenvalue weighted by Gasteiger charge is 2.31. The van der Waals surface area contributed by atoms with Crippen LogP contribution in [0.2, 0.25) is 0 Å². The fourth-order valence-electron chi connectivity index (χ4n) is 5.41. The van der Waals surface area contributed by atoms with Crippen LogP contribution in [0.5, 0.6) is 11.5 Å². The average Bonchev–Trinajstić information content (AvgIpc) is 2.97. The maximum atomic E-state index is 13.5. The van der Waals surface area contributed by atoms with Crippen LogP contribution in [0, 0.1) is 5.92 Å². The zero-order valence-electron chi connectivity index (χ0n) is 23.8. The number of amides is 4. The summed E-state index contributed by atoms with van der Waals surface area (Å²) < 4.78 is 11.6. The third-order valence-corrected chi connectivity index (χ3v) is 7.64. The lowest BCUT2D eigenvalue weighted by Gasteiger charge is -2.34. The van der Waals surface area contributed by atoms with Crippen molar-refractivity contribution in [2.45, 2.75) is 64.1 Å². The molecule has 0 radical (unpaired) electrons. The summed E-state index contributed by atoms with van der Waals surface area (Å²) in [6, 6.07) is 13.2. The number of hydrogen-bond donors (Lipinski definition) is 3. The molecular weight excluding hydrogens is 524 g/mol. The first-order chi connectivity index (χ1) is 19.8. The van der Waals surface area contributed by atoms with Gasteiger partial charge in [-0.3, -0.25) is 19.2 Å². The van der Waals surface area contributed by atoms with Gasteiger partial charge in [0.1, 0.15) is 23.6 Å². The van der Waals surface area contributed by atoms with Crippen LogP contribution in [0.1, 0.15) is 50.2 Å². The smallest absolute Gasteiger partial charge is 0.243 e. The van der Waals surface area contributed by atoms with Gasteiger partial charge in [-0.1, -0.05) is 30.3 Å². The molecule has 220 valence electrons. The molecule has 0 aromatic heterocycles. The summed E-state index contributed by atoms with van der Waals surface area (Å²) in [5.74, 6) is -0.00299. The van der Waals surface area contributed by atoms with Crippen LogP contribution in [0.3, 0.4) is 0 Å². The fourth-order valence-corrected chi connectivity index (χ4v) is 5.41. The number of hydrogen-bond acceptors (Lipinski definition) is 6. The molecule has 4 rings (SSSR count). The Morgan fingerprint density at radius 1 is 1.10 bits per heavy atom. The molecule has 4 bridgehead atoms. The molecule has 10 heteroatoms. The molecule has 1 saturated heterocycles. The Balaban J connectivity index is 1.60. The van der Waals surface area contributed by atoms with Gasteiger partial charge in [0.15, 0.2) is 0 Å². The minimum absolute atomic E-state index is 0.169. The number of rotatable bonds is 5. The molecule has 2 aliphatic rings. The Kier molecular flexibility index (Phi) is 10.6. The molecule has 10 nitrogen and oxygen atoms in total. The van der Waals surface area contributed by atoms with E-state index in [4.69, 9.17) is 9.47 Å². The van der Waals surface area contributed by atoms with E-state index in [9.17, 15) is 19.2 Å². The molecule has 3 N–H and O–H groups in total. The Morgan fingerprint density at radius 3 is 2.66 bits per heavy atom. The van der Waals surface area contributed by atoms with Gasteiger partial charge >= 0.3 is 0 Å². The average molecular weight is 565 g/mol. The lowest BCUT2D eigenvalue weighted by molar-refractivity contribution is -0.138. The van der Waals surface area contributed by atoms with Gasteiger partial charge < -0.3 is 30.3 Å². The van der Waals surface area contributed by atoms with Gasteiger partial charge in [-0.2, -0.15) is 0 Å². The molecule has 1 fully saturated rings. The van der Waals surface area contributed by atoms with E-state index < -0.39 is 23.9 Å². The van der Waals surface area contributed by atoms with Crippen molar-refractivity contribution in [3.8, 4) is 11.5 Å². The van der Waals surface area contributed by atoms with E-state index in [1.54, 1.807) is 12.0 Å². The molecule has 0 spiro atoms. The summed E-state index contributed by atoms with van der Waals surface area (Å²) in [7, 11) is 1.57. The van der Waals surface area contributed by atoms with E-state index >= 15 is 0 Å². The molecular formula is C31H40N4O6. The van der Waals surface area contributed by atoms with Crippen LogP contribution in [-0.4, -0.2) is 67.4 Å². The first-order valence-electron chi connectivity index (χ1n) is 14.3. The lowest BCUT2D eigenvalue weighted by atomic mass is 9.94. The Hall–Kier alpha value is -4.08. The fraction of sp³-hybridized carbons (Fsp3) is 0.484. The van der Waals surface area contributed by atoms with Gasteiger partial charge in [-0.15, -0.1) is 0 Å². The number of nitrogens with one attached hydrogen (secondary N) is 3. The van der Waals surface area contributed by atoms with Crippen molar-refractivity contribution in [2.75, 3.05) is 26.8 Å². The van der Waals surface area contributed by atoms with Crippen LogP contribution >= 0.6 is 0 Å². The number of carbonyl (C=O) groups is 4. The molecule has 3 atom stereocenters. The molecule has 2 heterocycles. The zero-order chi connectivity index (χ0) is 29.2. The molecule has 0 saturated carbocycles. The molecule has 2 aromatic rings. The van der Waals surface area contributed by atoms with Gasteiger partial charge in [0.05, 0.1) is 20.1 Å². The topological polar surface area (TPSA) is 126 Å². The normalized spacial score (nSPS) is 22.3. The zero-order valence-corrected chi connectivity index (χ0v) is 23.8. The van der Waals surface area contributed by atoms with Gasteiger partial charge in [-0.05, 0) is 61.8 Å². The van der Waals surface area contributed by atoms with Gasteiger partial charge in [0.2, 0.25) is 23.6 Å². The Morgan fingerprint density at radius 2 is 1.90 bits per heavy atom. The Labute approximate surface area is 241 Å². The largest absolute Gasteiger partial charge is 0.496 e. The quantitative estimate of drug-likeness (QED) is 0.512. The number of benzene rings is 2. The van der Waals surface area contributed by atoms with Crippen molar-refractivity contribution >= 4 is 23.6 Å². The van der Waals surface area contributed by atoms with Crippen LogP contribution < -0.4 is 25.4 Å². The highest BCUT2D eigenvalue weighted by Crippen LogP contribution is 2.26. The number of nitrogens with zero attached hydrogens (tertiary/aromatic N) is 1. The summed E-state index contributed by atoms with van der Waals surface area (Å²) in [5, 5.41) is 8.36. The Bertz CT molecular complexity index is 1220. The second-order valence-electron chi connectivity index (χ2n) is 10.7. The van der Waals surface area contributed by atoms with E-state index in [2.05, 4.69) is 16.0 Å². The third-order valence-electron chi connectivity index (χ3n) is 7.64. The summed E-state index contributed by atoms with van der Waals surface area (Å²) in [6.07, 6.45) is 3.33. The molecule has 0 aliphatic carbocycles. The van der Waals surface area contributed by atoms with Gasteiger partial charge in [0, 0.05) is 32.1 Å². The highest BCUT2D eigenvalue weighted by molar-refractivity contribution is 5.94. The van der Waals surface area contributed by atoms with Crippen molar-refractivity contribution in [1.29, 1.82) is 0 Å². The van der Waals surface area contributed by atoms with Crippen molar-refractivity contribution in [2.24, 2.45) is 5.92 Å². The van der Waals surface area contributed by atoms with Gasteiger partial charge in [0.25, 0.3) is 0 Å². The first kappa shape index (κ1) is 29.9. The van der Waals surface area contributed by atoms with E-state index in [0.717, 1.165) is 30.4 Å². The molecule has 2 aromatic carbocycles. The number of ether oxygens (including phenoxy) is 2. The number of aryl methyl sites for hydroxylation is 1. The van der Waals surface area contributed by atoms with Crippen molar-refractivity contribution in [1.82, 2.24) is 20.9 Å². The van der Waals surface area contributed by atoms with Crippen LogP contribution in [0.4, 0.5) is 0 Å². The first-order valence-corrected chi connectivity index (χ1v) is 14.3. The van der Waals surface area contributed by atoms with Crippen LogP contribution in [0.15, 0.2) is 48.5 Å². The number of fused-ring (bicyclic) bond motifs is 4. The third kappa shape index (κ3) is 8.70. The lowest BCUT2D eigenvalue weighted by Crippen LogP contribution is -2.55. The minimum atomic E-state index is -1.09. The maximum Gasteiger partial charge on any atom is 0.243 e. The van der Waals surface area contributed by atoms with Crippen molar-refractivity contribution in [3.05, 3.63) is 59.7 Å². The molecule has 2 unspecified atom stereocenters. The summed E-state index contributed by atoms with van der Waals surface area (Å²) in [5.41, 5.74) is 1.77. The second kappa shape index (κ2) is 14.5. The van der Waals surface area contributed by atoms with Gasteiger partial charge in [-0.25, -0.2) is 0 Å². The standard InChI is InChI=1S/C31H40N4O6/c1-21(36)33-27-18-29(37)35-15-6-9-23(20-35)14-16-41-25-11-13-28(40-2)24(17-25)19-32-30(38)26(34-31(27)39)12-10-22-7-4-3-5-8-22/h3-5,7-8,11,13,17,23,26-27H,6,9-10,12,14-16,18-20H2,1-2H3,(H,32,38)(H,33,36)(H,34,39)/t23?,26-,27?/m0/s1. The summed E-state index contributed by atoms with van der Waals surface area (Å²) in [4.78, 5) is 53.9. The van der Waals surface area contributed by atoms with E-state index in [-0.39, 0.29) is 30.7 Å². The SMILES string of the molecule is COc1ccc2cc1CNC(=O)[C@H](CCc1ccccc1)NC(=O)C(NC(C)=O)CC(=O)N1CCCC(CCO2)C1. The predicted molar refractivity (Wildman–Crippen MR) is 153 cm³/mol. The second-order valence-corrected chi connectivity index (χ2v) is 10.7. The molecule has 4 amide bonds. The number of methoxy groups -OCH3 is 1. The van der Waals surface area contributed by atoms with Crippen molar-refractivity contribution < 1.29 is 28.7 Å². The molecule has 41 heavy (non-hydrogen) atoms. The van der Waals surface area contributed by atoms with Crippen LogP contribution in [0.25, 0.3) is 0 Å². The predicted octanol–water partition coefficient (Wildman–Crippen LogP) is 2.34. The van der Waals surface area contributed by atoms with Crippen LogP contribution in [-0.2, 0) is 32.1 Å². The van der Waals surface area contributed by atoms with E-state index in [1.165, 1.54) is 6.92 Å². The monoisotopic (exact) mass is 564 g/mol. The molecule has 2 aliphatic heterocycles. The number of piperidine rings is 1. The summed E-state index contributed by atoms with van der Waals surface area (Å²) in [6.45, 7) is 3.15. The maximum absolute atomic E-state index is 13.5. The minimum Gasteiger partial charge on any atom is -0.496 e. The van der Waals surface area contributed by atoms with E-state index in [0.29, 0.717) is 44.0 Å². The number of carbonyl (C=O) groups excluding carboxylic acids is 4. The van der Waals surface area contributed by atoms with Crippen molar-refractivity contribution in [3.63, 3.8) is 0 Å². The summed E-state index contributed by atoms with van der Waals surface area (Å²) >= 11 is 0.